The predicted octanol–water partition coefficient (Wildman–Crippen LogP) is 3.05. The molecule has 0 aliphatic heterocycles. The van der Waals surface area contributed by atoms with Gasteiger partial charge in [-0.05, 0) is 12.1 Å². The fourth-order valence-corrected chi connectivity index (χ4v) is 1.88. The van der Waals surface area contributed by atoms with Crippen LogP contribution in [0, 0.1) is 0 Å². The Bertz CT molecular complexity index is 662. The molecule has 0 bridgehead atoms. The third kappa shape index (κ3) is 3.53. The zero-order chi connectivity index (χ0) is 15.4. The van der Waals surface area contributed by atoms with Crippen LogP contribution < -0.4 is 14.8 Å². The summed E-state index contributed by atoms with van der Waals surface area (Å²) in [6.07, 6.45) is 0. The number of nitrogens with zero attached hydrogens (tertiary/aromatic N) is 2. The summed E-state index contributed by atoms with van der Waals surface area (Å²) in [5.41, 5.74) is 0.487. The van der Waals surface area contributed by atoms with E-state index in [1.807, 2.05) is 0 Å². The molecule has 1 amide bonds. The molecule has 0 fully saturated rings. The van der Waals surface area contributed by atoms with Crippen LogP contribution in [0.2, 0.25) is 10.2 Å². The number of aromatic nitrogens is 2. The van der Waals surface area contributed by atoms with Crippen molar-refractivity contribution in [2.75, 3.05) is 19.5 Å². The summed E-state index contributed by atoms with van der Waals surface area (Å²) in [4.78, 5) is 12.0. The first-order chi connectivity index (χ1) is 10.0. The molecule has 1 aromatic carbocycles. The topological polar surface area (TPSA) is 73.3 Å². The van der Waals surface area contributed by atoms with Crippen LogP contribution in [0.5, 0.6) is 11.5 Å². The number of carbonyl (C=O) groups excluding carboxylic acids is 1. The van der Waals surface area contributed by atoms with Gasteiger partial charge in [-0.2, -0.15) is 0 Å². The van der Waals surface area contributed by atoms with Gasteiger partial charge in [0.1, 0.15) is 0 Å². The quantitative estimate of drug-likeness (QED) is 0.934. The van der Waals surface area contributed by atoms with Gasteiger partial charge in [-0.15, -0.1) is 10.2 Å². The first-order valence-electron chi connectivity index (χ1n) is 5.77. The molecule has 0 saturated carbocycles. The van der Waals surface area contributed by atoms with E-state index < -0.39 is 5.91 Å². The number of nitrogens with one attached hydrogen (secondary N) is 1. The Hall–Kier alpha value is -2.05. The van der Waals surface area contributed by atoms with Crippen LogP contribution in [0.15, 0.2) is 24.3 Å². The zero-order valence-electron chi connectivity index (χ0n) is 11.2. The fourth-order valence-electron chi connectivity index (χ4n) is 1.57. The highest BCUT2D eigenvalue weighted by Gasteiger charge is 2.14. The number of benzene rings is 1. The minimum Gasteiger partial charge on any atom is -0.493 e. The van der Waals surface area contributed by atoms with Gasteiger partial charge in [0.05, 0.1) is 24.9 Å². The number of amides is 1. The minimum absolute atomic E-state index is 0.116. The maximum absolute atomic E-state index is 12.0. The van der Waals surface area contributed by atoms with Gasteiger partial charge in [0.25, 0.3) is 5.91 Å². The van der Waals surface area contributed by atoms with Crippen LogP contribution in [0.25, 0.3) is 0 Å². The van der Waals surface area contributed by atoms with E-state index in [4.69, 9.17) is 32.7 Å². The molecular weight excluding hydrogens is 317 g/mol. The summed E-state index contributed by atoms with van der Waals surface area (Å²) in [6, 6.07) is 6.03. The molecule has 0 saturated heterocycles. The first-order valence-corrected chi connectivity index (χ1v) is 6.53. The van der Waals surface area contributed by atoms with Crippen molar-refractivity contribution in [3.8, 4) is 11.5 Å². The fraction of sp³-hybridized carbons (Fsp3) is 0.154. The average Bonchev–Trinajstić information content (AvgIpc) is 2.49. The molecule has 0 unspecified atom stereocenters. The Morgan fingerprint density at radius 2 is 1.76 bits per heavy atom. The van der Waals surface area contributed by atoms with Crippen molar-refractivity contribution in [1.29, 1.82) is 0 Å². The molecule has 1 aromatic heterocycles. The van der Waals surface area contributed by atoms with Gasteiger partial charge in [0, 0.05) is 12.1 Å². The number of ether oxygens (including phenoxy) is 2. The van der Waals surface area contributed by atoms with Crippen LogP contribution in [-0.4, -0.2) is 30.3 Å². The molecule has 0 spiro atoms. The highest BCUT2D eigenvalue weighted by atomic mass is 35.5. The van der Waals surface area contributed by atoms with Crippen molar-refractivity contribution in [3.05, 3.63) is 40.1 Å². The maximum Gasteiger partial charge on any atom is 0.276 e. The lowest BCUT2D eigenvalue weighted by Crippen LogP contribution is -2.14. The van der Waals surface area contributed by atoms with Crippen LogP contribution in [0.1, 0.15) is 10.5 Å². The highest BCUT2D eigenvalue weighted by molar-refractivity contribution is 6.34. The van der Waals surface area contributed by atoms with Gasteiger partial charge >= 0.3 is 0 Å². The summed E-state index contributed by atoms with van der Waals surface area (Å²) in [6.45, 7) is 0. The van der Waals surface area contributed by atoms with Crippen molar-refractivity contribution < 1.29 is 14.3 Å². The maximum atomic E-state index is 12.0. The molecule has 1 N–H and O–H groups in total. The molecule has 21 heavy (non-hydrogen) atoms. The Morgan fingerprint density at radius 1 is 1.10 bits per heavy atom. The average molecular weight is 328 g/mol. The molecule has 110 valence electrons. The predicted molar refractivity (Wildman–Crippen MR) is 79.6 cm³/mol. The second kappa shape index (κ2) is 6.60. The molecule has 0 aliphatic carbocycles. The van der Waals surface area contributed by atoms with Gasteiger partial charge in [-0.25, -0.2) is 0 Å². The molecule has 8 heteroatoms. The number of anilines is 1. The first kappa shape index (κ1) is 15.3. The van der Waals surface area contributed by atoms with E-state index in [1.165, 1.54) is 26.4 Å². The van der Waals surface area contributed by atoms with E-state index in [0.29, 0.717) is 22.2 Å². The lowest BCUT2D eigenvalue weighted by atomic mass is 10.2. The molecule has 6 nitrogen and oxygen atoms in total. The van der Waals surface area contributed by atoms with E-state index in [-0.39, 0.29) is 10.8 Å². The molecule has 1 heterocycles. The van der Waals surface area contributed by atoms with E-state index in [0.717, 1.165) is 0 Å². The van der Waals surface area contributed by atoms with Crippen LogP contribution >= 0.6 is 23.2 Å². The van der Waals surface area contributed by atoms with Crippen molar-refractivity contribution in [2.24, 2.45) is 0 Å². The summed E-state index contributed by atoms with van der Waals surface area (Å²) in [5, 5.41) is 10.4. The van der Waals surface area contributed by atoms with Crippen molar-refractivity contribution in [1.82, 2.24) is 10.2 Å². The Morgan fingerprint density at radius 3 is 2.33 bits per heavy atom. The molecule has 2 rings (SSSR count). The Balaban J connectivity index is 2.26. The van der Waals surface area contributed by atoms with Crippen LogP contribution in [0.3, 0.4) is 0 Å². The zero-order valence-corrected chi connectivity index (χ0v) is 12.7. The third-order valence-electron chi connectivity index (χ3n) is 2.59. The standard InChI is InChI=1S/C13H11Cl2N3O3/c1-20-10-5-7(14)9(6-11(10)21-2)16-13(19)8-3-4-12(15)18-17-8/h3-6H,1-2H3,(H,16,19). The number of carbonyl (C=O) groups is 1. The lowest BCUT2D eigenvalue weighted by Gasteiger charge is -2.12. The molecular formula is C13H11Cl2N3O3. The van der Waals surface area contributed by atoms with Crippen molar-refractivity contribution in [2.45, 2.75) is 0 Å². The molecule has 0 atom stereocenters. The smallest absolute Gasteiger partial charge is 0.276 e. The number of methoxy groups -OCH3 is 2. The van der Waals surface area contributed by atoms with E-state index in [2.05, 4.69) is 15.5 Å². The SMILES string of the molecule is COc1cc(Cl)c(NC(=O)c2ccc(Cl)nn2)cc1OC. The lowest BCUT2D eigenvalue weighted by molar-refractivity contribution is 0.102. The Kier molecular flexibility index (Phi) is 4.82. The van der Waals surface area contributed by atoms with Gasteiger partial charge in [-0.3, -0.25) is 4.79 Å². The highest BCUT2D eigenvalue weighted by Crippen LogP contribution is 2.36. The number of hydrogen-bond acceptors (Lipinski definition) is 5. The number of rotatable bonds is 4. The summed E-state index contributed by atoms with van der Waals surface area (Å²) >= 11 is 11.7. The molecule has 0 aliphatic rings. The van der Waals surface area contributed by atoms with E-state index in [1.54, 1.807) is 12.1 Å². The summed E-state index contributed by atoms with van der Waals surface area (Å²) in [7, 11) is 2.98. The largest absolute Gasteiger partial charge is 0.493 e. The number of hydrogen-bond donors (Lipinski definition) is 1. The number of halogens is 2. The van der Waals surface area contributed by atoms with E-state index >= 15 is 0 Å². The van der Waals surface area contributed by atoms with Crippen molar-refractivity contribution >= 4 is 34.8 Å². The van der Waals surface area contributed by atoms with Crippen molar-refractivity contribution in [3.63, 3.8) is 0 Å². The van der Waals surface area contributed by atoms with Gasteiger partial charge in [0.2, 0.25) is 0 Å². The normalized spacial score (nSPS) is 10.1. The van der Waals surface area contributed by atoms with Gasteiger partial charge in [-0.1, -0.05) is 23.2 Å². The third-order valence-corrected chi connectivity index (χ3v) is 3.10. The van der Waals surface area contributed by atoms with Gasteiger partial charge < -0.3 is 14.8 Å². The monoisotopic (exact) mass is 327 g/mol. The van der Waals surface area contributed by atoms with E-state index in [9.17, 15) is 4.79 Å². The minimum atomic E-state index is -0.465. The van der Waals surface area contributed by atoms with Crippen LogP contribution in [0.4, 0.5) is 5.69 Å². The van der Waals surface area contributed by atoms with Gasteiger partial charge in [0.15, 0.2) is 22.3 Å². The Labute approximate surface area is 131 Å². The van der Waals surface area contributed by atoms with Crippen LogP contribution in [-0.2, 0) is 0 Å². The second-order valence-electron chi connectivity index (χ2n) is 3.88. The summed E-state index contributed by atoms with van der Waals surface area (Å²) in [5.74, 6) is 0.444. The second-order valence-corrected chi connectivity index (χ2v) is 4.68. The molecule has 2 aromatic rings. The summed E-state index contributed by atoms with van der Waals surface area (Å²) < 4.78 is 10.3. The molecule has 0 radical (unpaired) electrons.